The standard InChI is InChI=1S/C14H20N2O3/c1-9-2-4-10(5-3-9)13(18)8-16-14(19)12-6-11(17)7-15-12/h2-5,11-13,15,17-18H,6-8H2,1H3,(H,16,19)/t11-,12-,13-/m1/s1. The average molecular weight is 264 g/mol. The van der Waals surface area contributed by atoms with Gasteiger partial charge in [0, 0.05) is 13.1 Å². The molecule has 19 heavy (non-hydrogen) atoms. The van der Waals surface area contributed by atoms with Gasteiger partial charge in [0.2, 0.25) is 5.91 Å². The Morgan fingerprint density at radius 2 is 2.16 bits per heavy atom. The normalized spacial score (nSPS) is 24.2. The average Bonchev–Trinajstić information content (AvgIpc) is 2.83. The Labute approximate surface area is 112 Å². The van der Waals surface area contributed by atoms with E-state index in [1.54, 1.807) is 0 Å². The molecule has 1 aromatic rings. The molecule has 5 nitrogen and oxygen atoms in total. The third-order valence-corrected chi connectivity index (χ3v) is 3.36. The van der Waals surface area contributed by atoms with Crippen LogP contribution >= 0.6 is 0 Å². The second kappa shape index (κ2) is 6.14. The highest BCUT2D eigenvalue weighted by atomic mass is 16.3. The molecule has 1 heterocycles. The molecule has 1 saturated heterocycles. The lowest BCUT2D eigenvalue weighted by Crippen LogP contribution is -2.41. The fraction of sp³-hybridized carbons (Fsp3) is 0.500. The van der Waals surface area contributed by atoms with Gasteiger partial charge in [-0.1, -0.05) is 29.8 Å². The molecule has 4 N–H and O–H groups in total. The topological polar surface area (TPSA) is 81.6 Å². The number of rotatable bonds is 4. The summed E-state index contributed by atoms with van der Waals surface area (Å²) in [7, 11) is 0. The highest BCUT2D eigenvalue weighted by Crippen LogP contribution is 2.13. The first-order valence-corrected chi connectivity index (χ1v) is 6.50. The van der Waals surface area contributed by atoms with Gasteiger partial charge in [-0.25, -0.2) is 0 Å². The summed E-state index contributed by atoms with van der Waals surface area (Å²) >= 11 is 0. The maximum Gasteiger partial charge on any atom is 0.237 e. The zero-order valence-corrected chi connectivity index (χ0v) is 11.0. The Morgan fingerprint density at radius 3 is 2.74 bits per heavy atom. The molecule has 1 fully saturated rings. The van der Waals surface area contributed by atoms with Crippen LogP contribution < -0.4 is 10.6 Å². The van der Waals surface area contributed by atoms with Crippen molar-refractivity contribution in [1.82, 2.24) is 10.6 Å². The first-order valence-electron chi connectivity index (χ1n) is 6.50. The largest absolute Gasteiger partial charge is 0.392 e. The number of carbonyl (C=O) groups excluding carboxylic acids is 1. The van der Waals surface area contributed by atoms with Crippen molar-refractivity contribution in [1.29, 1.82) is 0 Å². The summed E-state index contributed by atoms with van der Waals surface area (Å²) in [4.78, 5) is 11.8. The van der Waals surface area contributed by atoms with Gasteiger partial charge in [0.15, 0.2) is 0 Å². The van der Waals surface area contributed by atoms with E-state index in [4.69, 9.17) is 0 Å². The fourth-order valence-electron chi connectivity index (χ4n) is 2.14. The number of benzene rings is 1. The number of amides is 1. The number of β-amino-alcohol motifs (C(OH)–C–C–N with tert-alkyl or cyclic N) is 1. The molecule has 0 saturated carbocycles. The summed E-state index contributed by atoms with van der Waals surface area (Å²) in [5.41, 5.74) is 1.91. The Hall–Kier alpha value is -1.43. The van der Waals surface area contributed by atoms with Gasteiger partial charge in [-0.05, 0) is 18.9 Å². The highest BCUT2D eigenvalue weighted by molar-refractivity contribution is 5.82. The first-order chi connectivity index (χ1) is 9.06. The molecule has 5 heteroatoms. The summed E-state index contributed by atoms with van der Waals surface area (Å²) in [6.07, 6.45) is -0.749. The van der Waals surface area contributed by atoms with Gasteiger partial charge in [0.05, 0.1) is 18.2 Å². The molecule has 0 aliphatic carbocycles. The van der Waals surface area contributed by atoms with Crippen LogP contribution in [0, 0.1) is 6.92 Å². The predicted molar refractivity (Wildman–Crippen MR) is 71.6 cm³/mol. The Bertz CT molecular complexity index is 433. The van der Waals surface area contributed by atoms with Crippen LogP contribution in [0.2, 0.25) is 0 Å². The molecule has 1 aliphatic rings. The molecule has 0 aromatic heterocycles. The van der Waals surface area contributed by atoms with E-state index in [-0.39, 0.29) is 18.5 Å². The maximum absolute atomic E-state index is 11.8. The maximum atomic E-state index is 11.8. The van der Waals surface area contributed by atoms with Crippen molar-refractivity contribution in [3.05, 3.63) is 35.4 Å². The van der Waals surface area contributed by atoms with E-state index < -0.39 is 12.2 Å². The van der Waals surface area contributed by atoms with Crippen molar-refractivity contribution in [3.63, 3.8) is 0 Å². The van der Waals surface area contributed by atoms with Crippen LogP contribution in [0.3, 0.4) is 0 Å². The monoisotopic (exact) mass is 264 g/mol. The number of hydrogen-bond donors (Lipinski definition) is 4. The van der Waals surface area contributed by atoms with E-state index in [0.29, 0.717) is 13.0 Å². The SMILES string of the molecule is Cc1ccc([C@H](O)CNC(=O)[C@H]2C[C@@H](O)CN2)cc1. The van der Waals surface area contributed by atoms with Gasteiger partial charge >= 0.3 is 0 Å². The highest BCUT2D eigenvalue weighted by Gasteiger charge is 2.28. The summed E-state index contributed by atoms with van der Waals surface area (Å²) in [6, 6.07) is 7.19. The zero-order chi connectivity index (χ0) is 13.8. The summed E-state index contributed by atoms with van der Waals surface area (Å²) in [5, 5.41) is 24.9. The number of carbonyl (C=O) groups is 1. The minimum absolute atomic E-state index is 0.177. The van der Waals surface area contributed by atoms with Gasteiger partial charge in [-0.15, -0.1) is 0 Å². The van der Waals surface area contributed by atoms with Gasteiger partial charge in [0.25, 0.3) is 0 Å². The van der Waals surface area contributed by atoms with Crippen LogP contribution in [0.1, 0.15) is 23.7 Å². The van der Waals surface area contributed by atoms with Crippen molar-refractivity contribution in [2.24, 2.45) is 0 Å². The lowest BCUT2D eigenvalue weighted by atomic mass is 10.1. The van der Waals surface area contributed by atoms with E-state index >= 15 is 0 Å². The predicted octanol–water partition coefficient (Wildman–Crippen LogP) is -0.133. The molecule has 0 spiro atoms. The third kappa shape index (κ3) is 3.76. The van der Waals surface area contributed by atoms with E-state index in [2.05, 4.69) is 10.6 Å². The van der Waals surface area contributed by atoms with Crippen molar-refractivity contribution < 1.29 is 15.0 Å². The molecule has 1 aliphatic heterocycles. The van der Waals surface area contributed by atoms with Crippen LogP contribution in [0.15, 0.2) is 24.3 Å². The number of nitrogens with one attached hydrogen (secondary N) is 2. The number of aliphatic hydroxyl groups excluding tert-OH is 2. The minimum atomic E-state index is -0.712. The van der Waals surface area contributed by atoms with Crippen molar-refractivity contribution >= 4 is 5.91 Å². The second-order valence-electron chi connectivity index (χ2n) is 5.02. The molecular weight excluding hydrogens is 244 g/mol. The van der Waals surface area contributed by atoms with Crippen LogP contribution in [0.4, 0.5) is 0 Å². The van der Waals surface area contributed by atoms with E-state index in [1.165, 1.54) is 0 Å². The zero-order valence-electron chi connectivity index (χ0n) is 11.0. The number of hydrogen-bond acceptors (Lipinski definition) is 4. The minimum Gasteiger partial charge on any atom is -0.392 e. The summed E-state index contributed by atoms with van der Waals surface area (Å²) in [5.74, 6) is -0.178. The van der Waals surface area contributed by atoms with Gasteiger partial charge in [-0.2, -0.15) is 0 Å². The smallest absolute Gasteiger partial charge is 0.237 e. The molecular formula is C14H20N2O3. The molecule has 0 radical (unpaired) electrons. The number of aliphatic hydroxyl groups is 2. The third-order valence-electron chi connectivity index (χ3n) is 3.36. The molecule has 1 amide bonds. The van der Waals surface area contributed by atoms with Gasteiger partial charge in [0.1, 0.15) is 0 Å². The Morgan fingerprint density at radius 1 is 1.47 bits per heavy atom. The molecule has 3 atom stereocenters. The van der Waals surface area contributed by atoms with E-state index in [0.717, 1.165) is 11.1 Å². The van der Waals surface area contributed by atoms with Crippen molar-refractivity contribution in [2.45, 2.75) is 31.6 Å². The molecule has 2 rings (SSSR count). The quantitative estimate of drug-likeness (QED) is 0.610. The molecule has 104 valence electrons. The van der Waals surface area contributed by atoms with Gasteiger partial charge in [-0.3, -0.25) is 4.79 Å². The summed E-state index contributed by atoms with van der Waals surface area (Å²) in [6.45, 7) is 2.60. The van der Waals surface area contributed by atoms with Crippen LogP contribution in [0.25, 0.3) is 0 Å². The van der Waals surface area contributed by atoms with Crippen molar-refractivity contribution in [3.8, 4) is 0 Å². The lowest BCUT2D eigenvalue weighted by Gasteiger charge is -2.15. The van der Waals surface area contributed by atoms with Crippen LogP contribution in [-0.4, -0.2) is 41.4 Å². The molecule has 1 aromatic carbocycles. The number of aryl methyl sites for hydroxylation is 1. The Balaban J connectivity index is 1.81. The lowest BCUT2D eigenvalue weighted by molar-refractivity contribution is -0.123. The fourth-order valence-corrected chi connectivity index (χ4v) is 2.14. The van der Waals surface area contributed by atoms with Gasteiger partial charge < -0.3 is 20.8 Å². The first kappa shape index (κ1) is 14.0. The Kier molecular flexibility index (Phi) is 4.52. The summed E-state index contributed by atoms with van der Waals surface area (Å²) < 4.78 is 0. The second-order valence-corrected chi connectivity index (χ2v) is 5.02. The van der Waals surface area contributed by atoms with Crippen molar-refractivity contribution in [2.75, 3.05) is 13.1 Å². The molecule has 0 unspecified atom stereocenters. The van der Waals surface area contributed by atoms with E-state index in [1.807, 2.05) is 31.2 Å². The van der Waals surface area contributed by atoms with Crippen LogP contribution in [-0.2, 0) is 4.79 Å². The van der Waals surface area contributed by atoms with E-state index in [9.17, 15) is 15.0 Å². The van der Waals surface area contributed by atoms with Crippen LogP contribution in [0.5, 0.6) is 0 Å². The molecule has 0 bridgehead atoms.